The normalized spacial score (nSPS) is 11.9. The molecule has 0 bridgehead atoms. The molecule has 5 rings (SSSR count). The van der Waals surface area contributed by atoms with Gasteiger partial charge in [0.1, 0.15) is 0 Å². The van der Waals surface area contributed by atoms with Crippen LogP contribution in [0.15, 0.2) is 76.9 Å². The van der Waals surface area contributed by atoms with Crippen LogP contribution in [0.5, 0.6) is 0 Å². The van der Waals surface area contributed by atoms with Crippen molar-refractivity contribution in [2.75, 3.05) is 0 Å². The third kappa shape index (κ3) is 3.67. The maximum absolute atomic E-state index is 13.0. The number of nitrogens with one attached hydrogen (secondary N) is 1. The number of hydrogen-bond donors (Lipinski definition) is 1. The quantitative estimate of drug-likeness (QED) is 0.401. The Morgan fingerprint density at radius 3 is 2.59 bits per heavy atom. The summed E-state index contributed by atoms with van der Waals surface area (Å²) in [5, 5.41) is 12.6. The Hall–Kier alpha value is -3.85. The zero-order valence-electron chi connectivity index (χ0n) is 17.2. The van der Waals surface area contributed by atoms with Crippen molar-refractivity contribution < 1.29 is 13.2 Å². The molecule has 0 fully saturated rings. The monoisotopic (exact) mass is 445 g/mol. The van der Waals surface area contributed by atoms with Crippen molar-refractivity contribution in [3.63, 3.8) is 0 Å². The number of carbonyl (C=O) groups is 1. The van der Waals surface area contributed by atoms with Crippen molar-refractivity contribution in [2.24, 2.45) is 7.05 Å². The summed E-state index contributed by atoms with van der Waals surface area (Å²) in [4.78, 5) is 17.1. The van der Waals surface area contributed by atoms with Gasteiger partial charge in [0.05, 0.1) is 21.5 Å². The molecule has 0 radical (unpaired) electrons. The number of nitrogens with zero attached hydrogens (tertiary/aromatic N) is 4. The average Bonchev–Trinajstić information content (AvgIpc) is 3.41. The lowest BCUT2D eigenvalue weighted by molar-refractivity contribution is 0.0982. The van der Waals surface area contributed by atoms with Gasteiger partial charge >= 0.3 is 0 Å². The number of hydrogen-bond acceptors (Lipinski definition) is 6. The van der Waals surface area contributed by atoms with Gasteiger partial charge in [0.15, 0.2) is 11.4 Å². The minimum atomic E-state index is -3.66. The van der Waals surface area contributed by atoms with E-state index in [1.165, 1.54) is 6.20 Å². The zero-order chi connectivity index (χ0) is 22.3. The number of Topliss-reactive ketones (excluding diaryl/α,β-unsaturated/α-hetero) is 1. The standard InChI is InChI=1S/C23H19N5O3S/c1-28-14-16-5-8-20(11-21(16)27-28)32(30,31)19-6-2-15(3-7-19)4-9-22(29)17-10-18-13-25-26-23(18)24-12-17/h2-3,5-8,10-14H,4,9H2,1H3,(H,24,25,26). The highest BCUT2D eigenvalue weighted by atomic mass is 32.2. The van der Waals surface area contributed by atoms with Gasteiger partial charge in [-0.3, -0.25) is 14.6 Å². The summed E-state index contributed by atoms with van der Waals surface area (Å²) in [6.45, 7) is 0. The lowest BCUT2D eigenvalue weighted by Gasteiger charge is -2.07. The lowest BCUT2D eigenvalue weighted by atomic mass is 10.0. The van der Waals surface area contributed by atoms with Gasteiger partial charge in [-0.05, 0) is 48.4 Å². The largest absolute Gasteiger partial charge is 0.294 e. The van der Waals surface area contributed by atoms with E-state index < -0.39 is 9.84 Å². The second kappa shape index (κ2) is 7.69. The second-order valence-electron chi connectivity index (χ2n) is 7.63. The van der Waals surface area contributed by atoms with Crippen LogP contribution in [0.25, 0.3) is 21.9 Å². The van der Waals surface area contributed by atoms with E-state index in [0.717, 1.165) is 16.3 Å². The summed E-state index contributed by atoms with van der Waals surface area (Å²) in [7, 11) is -1.87. The molecule has 0 aliphatic carbocycles. The van der Waals surface area contributed by atoms with Crippen LogP contribution in [0.1, 0.15) is 22.3 Å². The predicted molar refractivity (Wildman–Crippen MR) is 119 cm³/mol. The Balaban J connectivity index is 1.31. The van der Waals surface area contributed by atoms with Crippen LogP contribution in [0.2, 0.25) is 0 Å². The number of ketones is 1. The van der Waals surface area contributed by atoms with Crippen molar-refractivity contribution in [2.45, 2.75) is 22.6 Å². The number of aromatic nitrogens is 5. The summed E-state index contributed by atoms with van der Waals surface area (Å²) in [5.74, 6) is -0.0269. The highest BCUT2D eigenvalue weighted by molar-refractivity contribution is 7.91. The number of benzene rings is 2. The molecule has 9 heteroatoms. The number of aromatic amines is 1. The van der Waals surface area contributed by atoms with E-state index in [1.54, 1.807) is 66.5 Å². The zero-order valence-corrected chi connectivity index (χ0v) is 18.0. The Kier molecular flexibility index (Phi) is 4.82. The fraction of sp³-hybridized carbons (Fsp3) is 0.130. The van der Waals surface area contributed by atoms with Crippen LogP contribution < -0.4 is 0 Å². The molecule has 8 nitrogen and oxygen atoms in total. The van der Waals surface area contributed by atoms with Gasteiger partial charge in [0.2, 0.25) is 9.84 Å². The molecule has 3 aromatic heterocycles. The first-order chi connectivity index (χ1) is 15.4. The Bertz CT molecular complexity index is 1570. The predicted octanol–water partition coefficient (Wildman–Crippen LogP) is 3.49. The smallest absolute Gasteiger partial charge is 0.206 e. The van der Waals surface area contributed by atoms with E-state index in [0.29, 0.717) is 29.6 Å². The molecular weight excluding hydrogens is 426 g/mol. The number of aryl methyl sites for hydroxylation is 2. The van der Waals surface area contributed by atoms with Crippen LogP contribution in [-0.2, 0) is 23.3 Å². The maximum atomic E-state index is 13.0. The fourth-order valence-electron chi connectivity index (χ4n) is 3.65. The van der Waals surface area contributed by atoms with E-state index in [9.17, 15) is 13.2 Å². The van der Waals surface area contributed by atoms with Gasteiger partial charge in [0, 0.05) is 42.2 Å². The van der Waals surface area contributed by atoms with Crippen molar-refractivity contribution in [1.29, 1.82) is 0 Å². The van der Waals surface area contributed by atoms with Gasteiger partial charge in [0.25, 0.3) is 0 Å². The van der Waals surface area contributed by atoms with Crippen molar-refractivity contribution in [3.05, 3.63) is 78.2 Å². The highest BCUT2D eigenvalue weighted by Gasteiger charge is 2.19. The molecule has 160 valence electrons. The first-order valence-corrected chi connectivity index (χ1v) is 11.5. The molecule has 3 heterocycles. The average molecular weight is 446 g/mol. The number of pyridine rings is 1. The molecule has 2 aromatic carbocycles. The van der Waals surface area contributed by atoms with Crippen LogP contribution in [-0.4, -0.2) is 39.2 Å². The molecule has 0 atom stereocenters. The van der Waals surface area contributed by atoms with Gasteiger partial charge in [-0.1, -0.05) is 12.1 Å². The first-order valence-electron chi connectivity index (χ1n) is 10.00. The summed E-state index contributed by atoms with van der Waals surface area (Å²) in [6.07, 6.45) is 5.81. The number of fused-ring (bicyclic) bond motifs is 2. The highest BCUT2D eigenvalue weighted by Crippen LogP contribution is 2.25. The van der Waals surface area contributed by atoms with E-state index in [4.69, 9.17) is 0 Å². The third-order valence-corrected chi connectivity index (χ3v) is 7.16. The van der Waals surface area contributed by atoms with Crippen molar-refractivity contribution in [3.8, 4) is 0 Å². The number of sulfone groups is 1. The molecule has 5 aromatic rings. The second-order valence-corrected chi connectivity index (χ2v) is 9.58. The van der Waals surface area contributed by atoms with Gasteiger partial charge in [-0.2, -0.15) is 10.2 Å². The SMILES string of the molecule is Cn1cc2ccc(S(=O)(=O)c3ccc(CCC(=O)c4cnc5[nH]ncc5c4)cc3)cc2n1. The molecule has 0 aliphatic heterocycles. The third-order valence-electron chi connectivity index (χ3n) is 5.39. The van der Waals surface area contributed by atoms with Crippen LogP contribution >= 0.6 is 0 Å². The summed E-state index contributed by atoms with van der Waals surface area (Å²) in [6, 6.07) is 13.4. The number of carbonyl (C=O) groups excluding carboxylic acids is 1. The van der Waals surface area contributed by atoms with E-state index in [1.807, 2.05) is 6.20 Å². The van der Waals surface area contributed by atoms with Gasteiger partial charge in [-0.25, -0.2) is 13.4 Å². The fourth-order valence-corrected chi connectivity index (χ4v) is 4.93. The van der Waals surface area contributed by atoms with Crippen LogP contribution in [0.4, 0.5) is 0 Å². The van der Waals surface area contributed by atoms with E-state index >= 15 is 0 Å². The lowest BCUT2D eigenvalue weighted by Crippen LogP contribution is -2.04. The maximum Gasteiger partial charge on any atom is 0.206 e. The van der Waals surface area contributed by atoms with Gasteiger partial charge in [-0.15, -0.1) is 0 Å². The minimum Gasteiger partial charge on any atom is -0.294 e. The molecule has 0 unspecified atom stereocenters. The number of rotatable bonds is 6. The molecule has 0 amide bonds. The van der Waals surface area contributed by atoms with Gasteiger partial charge < -0.3 is 0 Å². The molecule has 0 spiro atoms. The summed E-state index contributed by atoms with van der Waals surface area (Å²) >= 11 is 0. The van der Waals surface area contributed by atoms with E-state index in [-0.39, 0.29) is 15.6 Å². The molecule has 0 saturated carbocycles. The van der Waals surface area contributed by atoms with Crippen LogP contribution in [0.3, 0.4) is 0 Å². The van der Waals surface area contributed by atoms with E-state index in [2.05, 4.69) is 20.3 Å². The first kappa shape index (κ1) is 20.1. The Morgan fingerprint density at radius 2 is 1.78 bits per heavy atom. The van der Waals surface area contributed by atoms with Crippen molar-refractivity contribution >= 4 is 37.6 Å². The Morgan fingerprint density at radius 1 is 1.00 bits per heavy atom. The Labute approximate surface area is 183 Å². The van der Waals surface area contributed by atoms with Crippen molar-refractivity contribution in [1.82, 2.24) is 25.0 Å². The molecular formula is C23H19N5O3S. The molecule has 0 aliphatic rings. The number of H-pyrrole nitrogens is 1. The topological polar surface area (TPSA) is 111 Å². The molecule has 32 heavy (non-hydrogen) atoms. The molecule has 0 saturated heterocycles. The van der Waals surface area contributed by atoms with Crippen LogP contribution in [0, 0.1) is 0 Å². The minimum absolute atomic E-state index is 0.0269. The molecule has 1 N–H and O–H groups in total. The summed E-state index contributed by atoms with van der Waals surface area (Å²) in [5.41, 5.74) is 2.69. The summed E-state index contributed by atoms with van der Waals surface area (Å²) < 4.78 is 27.7.